The first-order valence-corrected chi connectivity index (χ1v) is 9.86. The Balaban J connectivity index is 1.82. The molecular formula is C22H23F3N4O. The summed E-state index contributed by atoms with van der Waals surface area (Å²) in [6, 6.07) is 3.34. The lowest BCUT2D eigenvalue weighted by molar-refractivity contribution is 0.146. The lowest BCUT2D eigenvalue weighted by atomic mass is 10.0. The second-order valence-electron chi connectivity index (χ2n) is 8.23. The summed E-state index contributed by atoms with van der Waals surface area (Å²) in [7, 11) is 0. The molecule has 158 valence electrons. The van der Waals surface area contributed by atoms with Crippen LogP contribution in [-0.4, -0.2) is 14.5 Å². The van der Waals surface area contributed by atoms with E-state index in [0.29, 0.717) is 28.1 Å². The molecule has 1 aromatic carbocycles. The van der Waals surface area contributed by atoms with E-state index >= 15 is 0 Å². The first-order chi connectivity index (χ1) is 14.1. The summed E-state index contributed by atoms with van der Waals surface area (Å²) in [4.78, 5) is 21.7. The van der Waals surface area contributed by atoms with Crippen LogP contribution in [0.25, 0.3) is 10.9 Å². The number of nitrogens with one attached hydrogen (secondary N) is 1. The molecule has 2 aromatic heterocycles. The molecule has 0 unspecified atom stereocenters. The molecule has 1 saturated carbocycles. The lowest BCUT2D eigenvalue weighted by Crippen LogP contribution is -2.30. The highest BCUT2D eigenvalue weighted by Crippen LogP contribution is 2.42. The van der Waals surface area contributed by atoms with E-state index in [1.165, 1.54) is 12.1 Å². The molecule has 3 aromatic rings. The van der Waals surface area contributed by atoms with Gasteiger partial charge < -0.3 is 9.88 Å². The predicted octanol–water partition coefficient (Wildman–Crippen LogP) is 5.17. The van der Waals surface area contributed by atoms with Crippen LogP contribution in [0, 0.1) is 19.7 Å². The molecule has 0 spiro atoms. The van der Waals surface area contributed by atoms with E-state index in [1.54, 1.807) is 31.5 Å². The van der Waals surface area contributed by atoms with Gasteiger partial charge in [0, 0.05) is 22.9 Å². The Hall–Kier alpha value is -2.90. The van der Waals surface area contributed by atoms with Gasteiger partial charge in [-0.15, -0.1) is 0 Å². The number of hydrogen-bond acceptors (Lipinski definition) is 4. The van der Waals surface area contributed by atoms with Crippen LogP contribution in [0.1, 0.15) is 61.7 Å². The van der Waals surface area contributed by atoms with Gasteiger partial charge in [0.15, 0.2) is 0 Å². The summed E-state index contributed by atoms with van der Waals surface area (Å²) in [5.74, 6) is -0.0361. The number of halogens is 3. The highest BCUT2D eigenvalue weighted by atomic mass is 19.3. The number of alkyl halides is 2. The van der Waals surface area contributed by atoms with Gasteiger partial charge in [0.2, 0.25) is 0 Å². The summed E-state index contributed by atoms with van der Waals surface area (Å²) in [5, 5.41) is 3.79. The molecule has 0 aliphatic heterocycles. The number of benzene rings is 1. The molecule has 8 heteroatoms. The highest BCUT2D eigenvalue weighted by molar-refractivity contribution is 5.90. The highest BCUT2D eigenvalue weighted by Gasteiger charge is 2.40. The number of fused-ring (bicyclic) bond motifs is 1. The first kappa shape index (κ1) is 20.4. The Morgan fingerprint density at radius 1 is 1.17 bits per heavy atom. The second-order valence-corrected chi connectivity index (χ2v) is 8.23. The fraction of sp³-hybridized carbons (Fsp3) is 0.409. The number of aromatic nitrogens is 3. The SMILES string of the molecule is Cc1nc(N[C@H](C)c2cccc(C(F)F)c2F)c2cn(C3(C)CC3)c(=O)c(C)c2n1. The average Bonchev–Trinajstić information content (AvgIpc) is 3.43. The van der Waals surface area contributed by atoms with Crippen molar-refractivity contribution < 1.29 is 13.2 Å². The molecular weight excluding hydrogens is 393 g/mol. The van der Waals surface area contributed by atoms with Crippen molar-refractivity contribution in [3.05, 3.63) is 63.1 Å². The minimum Gasteiger partial charge on any atom is -0.363 e. The van der Waals surface area contributed by atoms with E-state index in [2.05, 4.69) is 15.3 Å². The Kier molecular flexibility index (Phi) is 4.83. The van der Waals surface area contributed by atoms with E-state index in [-0.39, 0.29) is 16.7 Å². The van der Waals surface area contributed by atoms with Crippen molar-refractivity contribution in [2.45, 2.75) is 58.5 Å². The topological polar surface area (TPSA) is 59.8 Å². The zero-order chi connectivity index (χ0) is 21.8. The van der Waals surface area contributed by atoms with Gasteiger partial charge >= 0.3 is 0 Å². The smallest absolute Gasteiger partial charge is 0.266 e. The van der Waals surface area contributed by atoms with Crippen LogP contribution in [-0.2, 0) is 5.54 Å². The number of hydrogen-bond donors (Lipinski definition) is 1. The van der Waals surface area contributed by atoms with Crippen molar-refractivity contribution in [1.29, 1.82) is 0 Å². The minimum atomic E-state index is -2.89. The summed E-state index contributed by atoms with van der Waals surface area (Å²) in [6.45, 7) is 7.15. The normalized spacial score (nSPS) is 16.1. The Bertz CT molecular complexity index is 1200. The van der Waals surface area contributed by atoms with Crippen molar-refractivity contribution in [3.63, 3.8) is 0 Å². The van der Waals surface area contributed by atoms with Crippen molar-refractivity contribution in [3.8, 4) is 0 Å². The van der Waals surface area contributed by atoms with Crippen molar-refractivity contribution in [1.82, 2.24) is 14.5 Å². The van der Waals surface area contributed by atoms with Gasteiger partial charge in [0.05, 0.1) is 22.5 Å². The van der Waals surface area contributed by atoms with Gasteiger partial charge in [0.25, 0.3) is 12.0 Å². The van der Waals surface area contributed by atoms with Crippen LogP contribution in [0.5, 0.6) is 0 Å². The van der Waals surface area contributed by atoms with Crippen LogP contribution in [0.3, 0.4) is 0 Å². The number of nitrogens with zero attached hydrogens (tertiary/aromatic N) is 3. The molecule has 0 bridgehead atoms. The molecule has 5 nitrogen and oxygen atoms in total. The van der Waals surface area contributed by atoms with Crippen LogP contribution >= 0.6 is 0 Å². The van der Waals surface area contributed by atoms with E-state index in [1.807, 2.05) is 6.92 Å². The summed E-state index contributed by atoms with van der Waals surface area (Å²) in [6.07, 6.45) is 0.679. The molecule has 1 aliphatic rings. The van der Waals surface area contributed by atoms with Crippen molar-refractivity contribution in [2.75, 3.05) is 5.32 Å². The molecule has 1 N–H and O–H groups in total. The fourth-order valence-electron chi connectivity index (χ4n) is 3.75. The van der Waals surface area contributed by atoms with Gasteiger partial charge in [0.1, 0.15) is 17.5 Å². The predicted molar refractivity (Wildman–Crippen MR) is 110 cm³/mol. The molecule has 1 aliphatic carbocycles. The number of aryl methyl sites for hydroxylation is 2. The van der Waals surface area contributed by atoms with Gasteiger partial charge in [-0.2, -0.15) is 0 Å². The molecule has 1 fully saturated rings. The maximum atomic E-state index is 14.6. The fourth-order valence-corrected chi connectivity index (χ4v) is 3.75. The summed E-state index contributed by atoms with van der Waals surface area (Å²) < 4.78 is 42.5. The third kappa shape index (κ3) is 3.34. The maximum Gasteiger partial charge on any atom is 0.266 e. The molecule has 30 heavy (non-hydrogen) atoms. The third-order valence-electron chi connectivity index (χ3n) is 5.88. The maximum absolute atomic E-state index is 14.6. The van der Waals surface area contributed by atoms with Crippen LogP contribution < -0.4 is 10.9 Å². The Labute approximate surface area is 172 Å². The van der Waals surface area contributed by atoms with Crippen LogP contribution in [0.15, 0.2) is 29.2 Å². The second kappa shape index (κ2) is 7.11. The zero-order valence-electron chi connectivity index (χ0n) is 17.3. The van der Waals surface area contributed by atoms with Crippen molar-refractivity contribution >= 4 is 16.7 Å². The first-order valence-electron chi connectivity index (χ1n) is 9.86. The summed E-state index contributed by atoms with van der Waals surface area (Å²) >= 11 is 0. The lowest BCUT2D eigenvalue weighted by Gasteiger charge is -2.21. The van der Waals surface area contributed by atoms with Crippen LogP contribution in [0.4, 0.5) is 19.0 Å². The zero-order valence-corrected chi connectivity index (χ0v) is 17.3. The summed E-state index contributed by atoms with van der Waals surface area (Å²) in [5.41, 5.74) is 0.238. The Morgan fingerprint density at radius 3 is 2.47 bits per heavy atom. The van der Waals surface area contributed by atoms with Crippen LogP contribution in [0.2, 0.25) is 0 Å². The van der Waals surface area contributed by atoms with Gasteiger partial charge in [-0.1, -0.05) is 18.2 Å². The third-order valence-corrected chi connectivity index (χ3v) is 5.88. The number of pyridine rings is 1. The molecule has 4 rings (SSSR count). The number of anilines is 1. The monoisotopic (exact) mass is 416 g/mol. The van der Waals surface area contributed by atoms with Gasteiger partial charge in [-0.25, -0.2) is 23.1 Å². The van der Waals surface area contributed by atoms with Gasteiger partial charge in [-0.3, -0.25) is 4.79 Å². The number of rotatable bonds is 5. The molecule has 0 radical (unpaired) electrons. The van der Waals surface area contributed by atoms with E-state index in [9.17, 15) is 18.0 Å². The molecule has 0 amide bonds. The molecule has 1 atom stereocenters. The van der Waals surface area contributed by atoms with Gasteiger partial charge in [-0.05, 0) is 40.5 Å². The largest absolute Gasteiger partial charge is 0.363 e. The molecule has 0 saturated heterocycles. The van der Waals surface area contributed by atoms with Crippen molar-refractivity contribution in [2.24, 2.45) is 0 Å². The van der Waals surface area contributed by atoms with E-state index in [4.69, 9.17) is 0 Å². The minimum absolute atomic E-state index is 0.0877. The average molecular weight is 416 g/mol. The van der Waals surface area contributed by atoms with E-state index < -0.39 is 23.8 Å². The Morgan fingerprint density at radius 2 is 1.83 bits per heavy atom. The van der Waals surface area contributed by atoms with E-state index in [0.717, 1.165) is 18.9 Å². The quantitative estimate of drug-likeness (QED) is 0.624. The standard InChI is InChI=1S/C22H23F3N4O/c1-11-18-16(10-29(21(11)30)22(4)8-9-22)20(28-13(3)27-18)26-12(2)14-6-5-7-15(17(14)23)19(24)25/h5-7,10,12,19H,8-9H2,1-4H3,(H,26,27,28)/t12-/m1/s1. The molecule has 2 heterocycles.